The number of benzene rings is 1. The Morgan fingerprint density at radius 3 is 2.44 bits per heavy atom. The lowest BCUT2D eigenvalue weighted by Crippen LogP contribution is -2.52. The number of nitrogens with one attached hydrogen (secondary N) is 1. The highest BCUT2D eigenvalue weighted by Gasteiger charge is 2.19. The molecule has 0 saturated carbocycles. The van der Waals surface area contributed by atoms with Gasteiger partial charge >= 0.3 is 0 Å². The third-order valence-electron chi connectivity index (χ3n) is 4.19. The van der Waals surface area contributed by atoms with Crippen molar-refractivity contribution in [3.8, 4) is 0 Å². The Kier molecular flexibility index (Phi) is 7.71. The maximum absolute atomic E-state index is 11.2. The standard InChI is InChI=1S/C18H30N4O2S/c1-3-19-18(20-10-7-15-25(2,23)24)22-13-11-21(12-14-22)16-17-8-5-4-6-9-17/h4-6,8-9H,3,7,10-16H2,1-2H3,(H,19,20). The van der Waals surface area contributed by atoms with Crippen molar-refractivity contribution in [3.05, 3.63) is 35.9 Å². The molecule has 1 aliphatic heterocycles. The maximum Gasteiger partial charge on any atom is 0.194 e. The van der Waals surface area contributed by atoms with E-state index in [1.807, 2.05) is 6.07 Å². The second kappa shape index (κ2) is 9.77. The molecule has 0 unspecified atom stereocenters. The van der Waals surface area contributed by atoms with E-state index >= 15 is 0 Å². The summed E-state index contributed by atoms with van der Waals surface area (Å²) in [6, 6.07) is 10.5. The molecule has 0 spiro atoms. The normalized spacial score (nSPS) is 16.9. The van der Waals surface area contributed by atoms with Gasteiger partial charge in [-0.25, -0.2) is 8.42 Å². The van der Waals surface area contributed by atoms with E-state index in [0.29, 0.717) is 13.0 Å². The minimum Gasteiger partial charge on any atom is -0.357 e. The van der Waals surface area contributed by atoms with E-state index in [2.05, 4.69) is 51.3 Å². The molecule has 1 saturated heterocycles. The zero-order chi connectivity index (χ0) is 18.1. The molecule has 140 valence electrons. The molecule has 0 amide bonds. The number of piperazine rings is 1. The molecule has 1 aliphatic rings. The van der Waals surface area contributed by atoms with Crippen molar-refractivity contribution in [3.63, 3.8) is 0 Å². The molecular formula is C18H30N4O2S. The fourth-order valence-corrected chi connectivity index (χ4v) is 3.55. The summed E-state index contributed by atoms with van der Waals surface area (Å²) in [5.74, 6) is 1.09. The van der Waals surface area contributed by atoms with Gasteiger partial charge in [0.25, 0.3) is 0 Å². The Morgan fingerprint density at radius 2 is 1.84 bits per heavy atom. The smallest absolute Gasteiger partial charge is 0.194 e. The summed E-state index contributed by atoms with van der Waals surface area (Å²) in [5, 5.41) is 3.32. The van der Waals surface area contributed by atoms with Gasteiger partial charge in [0.05, 0.1) is 5.75 Å². The van der Waals surface area contributed by atoms with E-state index in [0.717, 1.165) is 45.2 Å². The second-order valence-electron chi connectivity index (χ2n) is 6.47. The number of hydrogen-bond donors (Lipinski definition) is 1. The number of guanidine groups is 1. The van der Waals surface area contributed by atoms with Crippen molar-refractivity contribution in [2.45, 2.75) is 19.9 Å². The lowest BCUT2D eigenvalue weighted by Gasteiger charge is -2.36. The Hall–Kier alpha value is -1.60. The monoisotopic (exact) mass is 366 g/mol. The van der Waals surface area contributed by atoms with E-state index in [1.165, 1.54) is 11.8 Å². The Labute approximate surface area is 151 Å². The van der Waals surface area contributed by atoms with Crippen LogP contribution in [0.15, 0.2) is 35.3 Å². The van der Waals surface area contributed by atoms with Crippen LogP contribution in [-0.4, -0.2) is 75.5 Å². The first-order valence-corrected chi connectivity index (χ1v) is 11.0. The van der Waals surface area contributed by atoms with Gasteiger partial charge < -0.3 is 10.2 Å². The highest BCUT2D eigenvalue weighted by atomic mass is 32.2. The maximum atomic E-state index is 11.2. The summed E-state index contributed by atoms with van der Waals surface area (Å²) < 4.78 is 22.4. The third kappa shape index (κ3) is 7.44. The van der Waals surface area contributed by atoms with Crippen LogP contribution < -0.4 is 5.32 Å². The van der Waals surface area contributed by atoms with Crippen LogP contribution in [0.1, 0.15) is 18.9 Å². The highest BCUT2D eigenvalue weighted by Crippen LogP contribution is 2.08. The van der Waals surface area contributed by atoms with Crippen molar-refractivity contribution >= 4 is 15.8 Å². The minimum atomic E-state index is -2.91. The molecule has 0 aliphatic carbocycles. The summed E-state index contributed by atoms with van der Waals surface area (Å²) in [4.78, 5) is 9.32. The zero-order valence-corrected chi connectivity index (χ0v) is 16.1. The van der Waals surface area contributed by atoms with Crippen molar-refractivity contribution in [1.29, 1.82) is 0 Å². The average molecular weight is 367 g/mol. The Bertz CT molecular complexity index is 638. The van der Waals surface area contributed by atoms with Crippen LogP contribution in [0.3, 0.4) is 0 Å². The van der Waals surface area contributed by atoms with Crippen LogP contribution in [0.5, 0.6) is 0 Å². The number of rotatable bonds is 7. The molecule has 7 heteroatoms. The molecule has 2 rings (SSSR count). The lowest BCUT2D eigenvalue weighted by molar-refractivity contribution is 0.172. The lowest BCUT2D eigenvalue weighted by atomic mass is 10.2. The van der Waals surface area contributed by atoms with E-state index in [4.69, 9.17) is 0 Å². The molecule has 1 N–H and O–H groups in total. The molecule has 0 radical (unpaired) electrons. The molecule has 0 atom stereocenters. The van der Waals surface area contributed by atoms with Gasteiger partial charge in [-0.3, -0.25) is 9.89 Å². The molecule has 1 aromatic carbocycles. The van der Waals surface area contributed by atoms with Crippen molar-refractivity contribution in [1.82, 2.24) is 15.1 Å². The Balaban J connectivity index is 1.82. The third-order valence-corrected chi connectivity index (χ3v) is 5.22. The number of aliphatic imine (C=N–C) groups is 1. The van der Waals surface area contributed by atoms with Gasteiger partial charge in [-0.05, 0) is 18.9 Å². The van der Waals surface area contributed by atoms with Gasteiger partial charge in [-0.1, -0.05) is 30.3 Å². The van der Waals surface area contributed by atoms with Gasteiger partial charge in [0.15, 0.2) is 5.96 Å². The van der Waals surface area contributed by atoms with Gasteiger partial charge in [0, 0.05) is 52.1 Å². The molecule has 1 aromatic rings. The molecular weight excluding hydrogens is 336 g/mol. The quantitative estimate of drug-likeness (QED) is 0.446. The van der Waals surface area contributed by atoms with Crippen LogP contribution in [0, 0.1) is 0 Å². The first-order valence-electron chi connectivity index (χ1n) is 8.95. The Morgan fingerprint density at radius 1 is 1.16 bits per heavy atom. The summed E-state index contributed by atoms with van der Waals surface area (Å²) in [5.41, 5.74) is 1.34. The highest BCUT2D eigenvalue weighted by molar-refractivity contribution is 7.90. The predicted octanol–water partition coefficient (Wildman–Crippen LogP) is 1.20. The largest absolute Gasteiger partial charge is 0.357 e. The van der Waals surface area contributed by atoms with Gasteiger partial charge in [-0.2, -0.15) is 0 Å². The topological polar surface area (TPSA) is 65.0 Å². The van der Waals surface area contributed by atoms with E-state index < -0.39 is 9.84 Å². The first-order chi connectivity index (χ1) is 12.0. The van der Waals surface area contributed by atoms with E-state index in [1.54, 1.807) is 0 Å². The van der Waals surface area contributed by atoms with Gasteiger partial charge in [0.1, 0.15) is 9.84 Å². The van der Waals surface area contributed by atoms with Crippen LogP contribution in [0.2, 0.25) is 0 Å². The average Bonchev–Trinajstić information content (AvgIpc) is 2.58. The minimum absolute atomic E-state index is 0.195. The van der Waals surface area contributed by atoms with Gasteiger partial charge in [0.2, 0.25) is 0 Å². The van der Waals surface area contributed by atoms with Crippen LogP contribution in [0.4, 0.5) is 0 Å². The molecule has 6 nitrogen and oxygen atoms in total. The van der Waals surface area contributed by atoms with Crippen molar-refractivity contribution in [2.24, 2.45) is 4.99 Å². The zero-order valence-electron chi connectivity index (χ0n) is 15.3. The predicted molar refractivity (Wildman–Crippen MR) is 104 cm³/mol. The second-order valence-corrected chi connectivity index (χ2v) is 8.73. The number of nitrogens with zero attached hydrogens (tertiary/aromatic N) is 3. The molecule has 1 heterocycles. The number of sulfone groups is 1. The van der Waals surface area contributed by atoms with Crippen LogP contribution in [-0.2, 0) is 16.4 Å². The van der Waals surface area contributed by atoms with Crippen LogP contribution in [0.25, 0.3) is 0 Å². The van der Waals surface area contributed by atoms with Gasteiger partial charge in [-0.15, -0.1) is 0 Å². The number of hydrogen-bond acceptors (Lipinski definition) is 4. The van der Waals surface area contributed by atoms with Crippen LogP contribution >= 0.6 is 0 Å². The molecule has 1 fully saturated rings. The molecule has 0 aromatic heterocycles. The molecule has 25 heavy (non-hydrogen) atoms. The van der Waals surface area contributed by atoms with E-state index in [-0.39, 0.29) is 5.75 Å². The fraction of sp³-hybridized carbons (Fsp3) is 0.611. The van der Waals surface area contributed by atoms with Crippen molar-refractivity contribution in [2.75, 3.05) is 51.3 Å². The van der Waals surface area contributed by atoms with Crippen molar-refractivity contribution < 1.29 is 8.42 Å². The van der Waals surface area contributed by atoms with E-state index in [9.17, 15) is 8.42 Å². The summed E-state index contributed by atoms with van der Waals surface area (Å²) >= 11 is 0. The molecule has 0 bridgehead atoms. The first kappa shape index (κ1) is 19.7. The fourth-order valence-electron chi connectivity index (χ4n) is 2.90. The SMILES string of the molecule is CCNC(=NCCCS(C)(=O)=O)N1CCN(Cc2ccccc2)CC1. The summed E-state index contributed by atoms with van der Waals surface area (Å²) in [6.45, 7) is 8.27. The summed E-state index contributed by atoms with van der Waals surface area (Å²) in [6.07, 6.45) is 1.84. The summed E-state index contributed by atoms with van der Waals surface area (Å²) in [7, 11) is -2.91.